The van der Waals surface area contributed by atoms with Gasteiger partial charge in [-0.1, -0.05) is 12.1 Å². The summed E-state index contributed by atoms with van der Waals surface area (Å²) in [6.45, 7) is 1.66. The Kier molecular flexibility index (Phi) is 11.4. The van der Waals surface area contributed by atoms with Crippen LogP contribution in [0.15, 0.2) is 24.3 Å². The van der Waals surface area contributed by atoms with Crippen molar-refractivity contribution in [2.45, 2.75) is 50.7 Å². The van der Waals surface area contributed by atoms with Gasteiger partial charge in [0.1, 0.15) is 23.9 Å². The first-order valence-electron chi connectivity index (χ1n) is 9.87. The molecule has 0 saturated heterocycles. The van der Waals surface area contributed by atoms with E-state index in [4.69, 9.17) is 5.73 Å². The molecule has 0 aliphatic heterocycles. The fourth-order valence-electron chi connectivity index (χ4n) is 2.81. The number of carbonyl (C=O) groups excluding carboxylic acids is 3. The van der Waals surface area contributed by atoms with E-state index in [1.807, 2.05) is 0 Å². The number of aromatic hydroxyl groups is 1. The Morgan fingerprint density at radius 3 is 2.06 bits per heavy atom. The van der Waals surface area contributed by atoms with Crippen LogP contribution in [-0.2, 0) is 25.6 Å². The van der Waals surface area contributed by atoms with Gasteiger partial charge in [0.2, 0.25) is 17.7 Å². The zero-order chi connectivity index (χ0) is 23.4. The van der Waals surface area contributed by atoms with E-state index in [2.05, 4.69) is 28.6 Å². The topological polar surface area (TPSA) is 171 Å². The monoisotopic (exact) mass is 454 g/mol. The molecule has 0 fully saturated rings. The van der Waals surface area contributed by atoms with Crippen molar-refractivity contribution in [2.75, 3.05) is 12.3 Å². The lowest BCUT2D eigenvalue weighted by molar-refractivity contribution is -0.142. The summed E-state index contributed by atoms with van der Waals surface area (Å²) in [5, 5.41) is 26.3. The largest absolute Gasteiger partial charge is 0.508 e. The molecule has 0 saturated carbocycles. The van der Waals surface area contributed by atoms with E-state index in [0.29, 0.717) is 24.9 Å². The van der Waals surface area contributed by atoms with Crippen molar-refractivity contribution in [3.05, 3.63) is 29.8 Å². The Morgan fingerprint density at radius 2 is 1.55 bits per heavy atom. The molecular formula is C20H30N4O6S. The molecule has 3 unspecified atom stereocenters. The number of rotatable bonds is 13. The molecule has 1 aromatic rings. The summed E-state index contributed by atoms with van der Waals surface area (Å²) in [5.41, 5.74) is 6.07. The smallest absolute Gasteiger partial charge is 0.326 e. The van der Waals surface area contributed by atoms with E-state index in [1.54, 1.807) is 12.1 Å². The maximum absolute atomic E-state index is 12.9. The fraction of sp³-hybridized carbons (Fsp3) is 0.500. The average Bonchev–Trinajstić information content (AvgIpc) is 2.71. The molecule has 3 amide bonds. The summed E-state index contributed by atoms with van der Waals surface area (Å²) in [6.07, 6.45) is 1.39. The van der Waals surface area contributed by atoms with Crippen molar-refractivity contribution >= 4 is 36.3 Å². The van der Waals surface area contributed by atoms with E-state index >= 15 is 0 Å². The van der Waals surface area contributed by atoms with Gasteiger partial charge in [-0.3, -0.25) is 14.4 Å². The zero-order valence-corrected chi connectivity index (χ0v) is 18.2. The Hall–Kier alpha value is -2.79. The molecule has 172 valence electrons. The van der Waals surface area contributed by atoms with Crippen molar-refractivity contribution in [1.82, 2.24) is 16.0 Å². The third kappa shape index (κ3) is 9.71. The molecule has 0 aliphatic rings. The van der Waals surface area contributed by atoms with Gasteiger partial charge in [0.05, 0.1) is 0 Å². The number of unbranched alkanes of at least 4 members (excludes halogenated alkanes) is 1. The maximum atomic E-state index is 12.9. The second-order valence-electron chi connectivity index (χ2n) is 7.05. The molecule has 0 bridgehead atoms. The molecule has 0 spiro atoms. The third-order valence-electron chi connectivity index (χ3n) is 4.45. The lowest BCUT2D eigenvalue weighted by Gasteiger charge is -2.24. The first-order valence-corrected chi connectivity index (χ1v) is 10.5. The molecule has 0 aromatic heterocycles. The molecule has 0 aliphatic carbocycles. The molecule has 3 atom stereocenters. The van der Waals surface area contributed by atoms with E-state index in [0.717, 1.165) is 0 Å². The number of hydrogen-bond acceptors (Lipinski definition) is 7. The molecule has 1 rings (SSSR count). The first kappa shape index (κ1) is 26.2. The van der Waals surface area contributed by atoms with Gasteiger partial charge >= 0.3 is 5.97 Å². The predicted molar refractivity (Wildman–Crippen MR) is 118 cm³/mol. The average molecular weight is 455 g/mol. The summed E-state index contributed by atoms with van der Waals surface area (Å²) in [4.78, 5) is 48.3. The molecule has 11 heteroatoms. The lowest BCUT2D eigenvalue weighted by atomic mass is 10.0. The summed E-state index contributed by atoms with van der Waals surface area (Å²) in [5.74, 6) is -2.87. The minimum atomic E-state index is -1.19. The maximum Gasteiger partial charge on any atom is 0.326 e. The van der Waals surface area contributed by atoms with Gasteiger partial charge in [-0.2, -0.15) is 12.6 Å². The minimum absolute atomic E-state index is 0.00972. The Bertz CT molecular complexity index is 759. The Labute approximate surface area is 186 Å². The predicted octanol–water partition coefficient (Wildman–Crippen LogP) is -0.448. The van der Waals surface area contributed by atoms with Crippen LogP contribution in [0, 0.1) is 0 Å². The highest BCUT2D eigenvalue weighted by Gasteiger charge is 2.29. The summed E-state index contributed by atoms with van der Waals surface area (Å²) in [6, 6.07) is 2.85. The van der Waals surface area contributed by atoms with Gasteiger partial charge in [-0.15, -0.1) is 0 Å². The summed E-state index contributed by atoms with van der Waals surface area (Å²) < 4.78 is 0. The number of thiol groups is 1. The number of benzene rings is 1. The number of aliphatic carboxylic acids is 1. The Morgan fingerprint density at radius 1 is 0.968 bits per heavy atom. The second kappa shape index (κ2) is 13.5. The second-order valence-corrected chi connectivity index (χ2v) is 7.42. The van der Waals surface area contributed by atoms with Gasteiger partial charge < -0.3 is 31.9 Å². The standard InChI is InChI=1S/C20H30N4O6S/c1-12(25)22-17(11-31)19(28)24-16(10-13-5-7-14(26)8-6-13)18(27)23-15(20(29)30)4-2-3-9-21/h5-8,15-17,26,31H,2-4,9-11,21H2,1H3,(H,22,25)(H,23,27)(H,24,28)(H,29,30). The lowest BCUT2D eigenvalue weighted by Crippen LogP contribution is -2.56. The molecule has 1 aromatic carbocycles. The van der Waals surface area contributed by atoms with Crippen molar-refractivity contribution in [2.24, 2.45) is 5.73 Å². The molecule has 10 nitrogen and oxygen atoms in total. The summed E-state index contributed by atoms with van der Waals surface area (Å²) in [7, 11) is 0. The SMILES string of the molecule is CC(=O)NC(CS)C(=O)NC(Cc1ccc(O)cc1)C(=O)NC(CCCCN)C(=O)O. The molecule has 7 N–H and O–H groups in total. The van der Waals surface area contributed by atoms with Crippen LogP contribution in [0.1, 0.15) is 31.7 Å². The highest BCUT2D eigenvalue weighted by atomic mass is 32.1. The number of phenolic OH excluding ortho intramolecular Hbond substituents is 1. The van der Waals surface area contributed by atoms with Crippen LogP contribution in [0.2, 0.25) is 0 Å². The fourth-order valence-corrected chi connectivity index (χ4v) is 3.07. The van der Waals surface area contributed by atoms with Crippen LogP contribution < -0.4 is 21.7 Å². The van der Waals surface area contributed by atoms with Crippen molar-refractivity contribution in [1.29, 1.82) is 0 Å². The highest BCUT2D eigenvalue weighted by Crippen LogP contribution is 2.12. The van der Waals surface area contributed by atoms with Gasteiger partial charge in [0, 0.05) is 19.1 Å². The van der Waals surface area contributed by atoms with Gasteiger partial charge in [-0.05, 0) is 43.5 Å². The van der Waals surface area contributed by atoms with Crippen LogP contribution >= 0.6 is 12.6 Å². The van der Waals surface area contributed by atoms with Crippen LogP contribution in [0.3, 0.4) is 0 Å². The number of carboxylic acids is 1. The highest BCUT2D eigenvalue weighted by molar-refractivity contribution is 7.80. The van der Waals surface area contributed by atoms with Crippen LogP contribution in [-0.4, -0.2) is 64.3 Å². The molecule has 0 radical (unpaired) electrons. The van der Waals surface area contributed by atoms with Crippen molar-refractivity contribution in [3.63, 3.8) is 0 Å². The number of nitrogens with two attached hydrogens (primary N) is 1. The van der Waals surface area contributed by atoms with Crippen LogP contribution in [0.5, 0.6) is 5.75 Å². The molecular weight excluding hydrogens is 424 g/mol. The summed E-state index contributed by atoms with van der Waals surface area (Å²) >= 11 is 4.05. The van der Waals surface area contributed by atoms with E-state index in [1.165, 1.54) is 19.1 Å². The number of amides is 3. The third-order valence-corrected chi connectivity index (χ3v) is 4.81. The number of hydrogen-bond donors (Lipinski definition) is 7. The van der Waals surface area contributed by atoms with Gasteiger partial charge in [0.25, 0.3) is 0 Å². The quantitative estimate of drug-likeness (QED) is 0.156. The first-order chi connectivity index (χ1) is 14.7. The number of nitrogens with one attached hydrogen (secondary N) is 3. The zero-order valence-electron chi connectivity index (χ0n) is 17.3. The number of phenols is 1. The normalized spacial score (nSPS) is 13.5. The number of carbonyl (C=O) groups is 4. The van der Waals surface area contributed by atoms with E-state index in [-0.39, 0.29) is 24.3 Å². The van der Waals surface area contributed by atoms with Gasteiger partial charge in [-0.25, -0.2) is 4.79 Å². The van der Waals surface area contributed by atoms with Crippen molar-refractivity contribution < 1.29 is 29.4 Å². The Balaban J connectivity index is 2.99. The van der Waals surface area contributed by atoms with Crippen LogP contribution in [0.25, 0.3) is 0 Å². The van der Waals surface area contributed by atoms with Crippen molar-refractivity contribution in [3.8, 4) is 5.75 Å². The van der Waals surface area contributed by atoms with Gasteiger partial charge in [0.15, 0.2) is 0 Å². The molecule has 31 heavy (non-hydrogen) atoms. The van der Waals surface area contributed by atoms with Crippen LogP contribution in [0.4, 0.5) is 0 Å². The van der Waals surface area contributed by atoms with E-state index in [9.17, 15) is 29.4 Å². The number of carboxylic acid groups (broad SMARTS) is 1. The van der Waals surface area contributed by atoms with E-state index < -0.39 is 41.8 Å². The minimum Gasteiger partial charge on any atom is -0.508 e. The molecule has 0 heterocycles.